The van der Waals surface area contributed by atoms with E-state index in [9.17, 15) is 4.79 Å². The fraction of sp³-hybridized carbons (Fsp3) is 0.333. The summed E-state index contributed by atoms with van der Waals surface area (Å²) in [6, 6.07) is 10.1. The van der Waals surface area contributed by atoms with E-state index in [-0.39, 0.29) is 0 Å². The molecule has 0 radical (unpaired) electrons. The molecule has 0 bridgehead atoms. The van der Waals surface area contributed by atoms with Gasteiger partial charge in [0.25, 0.3) is 0 Å². The molecule has 0 fully saturated rings. The molecule has 0 N–H and O–H groups in total. The quantitative estimate of drug-likeness (QED) is 0.783. The number of aromatic nitrogens is 1. The summed E-state index contributed by atoms with van der Waals surface area (Å²) in [4.78, 5) is 16.3. The van der Waals surface area contributed by atoms with Gasteiger partial charge < -0.3 is 4.74 Å². The van der Waals surface area contributed by atoms with Crippen LogP contribution in [0.1, 0.15) is 37.5 Å². The van der Waals surface area contributed by atoms with Crippen LogP contribution < -0.4 is 0 Å². The fourth-order valence-corrected chi connectivity index (χ4v) is 2.28. The van der Waals surface area contributed by atoms with Crippen LogP contribution in [0.2, 0.25) is 0 Å². The van der Waals surface area contributed by atoms with Gasteiger partial charge in [0, 0.05) is 6.20 Å². The van der Waals surface area contributed by atoms with Crippen molar-refractivity contribution in [2.75, 3.05) is 0 Å². The van der Waals surface area contributed by atoms with Gasteiger partial charge in [-0.2, -0.15) is 0 Å². The number of carbonyl (C=O) groups is 1. The molecular weight excluding hydrogens is 276 g/mol. The van der Waals surface area contributed by atoms with Crippen LogP contribution in [0.25, 0.3) is 0 Å². The lowest BCUT2D eigenvalue weighted by Crippen LogP contribution is -2.26. The number of benzene rings is 1. The van der Waals surface area contributed by atoms with Crippen LogP contribution in [0.3, 0.4) is 0 Å². The van der Waals surface area contributed by atoms with Gasteiger partial charge in [0.05, 0.1) is 0 Å². The second kappa shape index (κ2) is 6.18. The molecule has 2 aromatic rings. The lowest BCUT2D eigenvalue weighted by Gasteiger charge is -2.19. The van der Waals surface area contributed by atoms with E-state index in [0.29, 0.717) is 5.82 Å². The van der Waals surface area contributed by atoms with Crippen molar-refractivity contribution in [2.24, 2.45) is 4.99 Å². The second-order valence-electron chi connectivity index (χ2n) is 6.27. The molecule has 0 spiro atoms. The van der Waals surface area contributed by atoms with Gasteiger partial charge in [0.15, 0.2) is 0 Å². The van der Waals surface area contributed by atoms with E-state index in [4.69, 9.17) is 4.74 Å². The van der Waals surface area contributed by atoms with Crippen molar-refractivity contribution in [3.05, 3.63) is 53.2 Å². The van der Waals surface area contributed by atoms with Crippen molar-refractivity contribution in [1.82, 2.24) is 4.57 Å². The highest BCUT2D eigenvalue weighted by Crippen LogP contribution is 2.27. The molecule has 1 heterocycles. The third-order valence-corrected chi connectivity index (χ3v) is 3.31. The molecule has 116 valence electrons. The number of hydrogen-bond donors (Lipinski definition) is 0. The topological polar surface area (TPSA) is 43.6 Å². The summed E-state index contributed by atoms with van der Waals surface area (Å²) in [6.45, 7) is 11.0. The molecule has 4 heteroatoms. The second-order valence-corrected chi connectivity index (χ2v) is 6.27. The first-order valence-electron chi connectivity index (χ1n) is 7.26. The molecular formula is C18H22N2O2. The Kier molecular flexibility index (Phi) is 4.50. The number of aliphatic imine (C=N–C) groups is 1. The zero-order chi connectivity index (χ0) is 16.3. The summed E-state index contributed by atoms with van der Waals surface area (Å²) in [5.41, 5.74) is 2.62. The smallest absolute Gasteiger partial charge is 0.420 e. The summed E-state index contributed by atoms with van der Waals surface area (Å²) in [5.74, 6) is 0.542. The third kappa shape index (κ3) is 3.64. The Labute approximate surface area is 131 Å². The SMILES string of the molecule is C=Nc1c(C)c(Cc2ccccc2)cn1C(=O)OC(C)(C)C. The van der Waals surface area contributed by atoms with E-state index in [1.54, 1.807) is 6.20 Å². The van der Waals surface area contributed by atoms with Crippen LogP contribution in [-0.4, -0.2) is 23.0 Å². The van der Waals surface area contributed by atoms with Crippen molar-refractivity contribution in [3.8, 4) is 0 Å². The van der Waals surface area contributed by atoms with Gasteiger partial charge in [-0.3, -0.25) is 0 Å². The molecule has 0 atom stereocenters. The number of hydrogen-bond acceptors (Lipinski definition) is 3. The van der Waals surface area contributed by atoms with Gasteiger partial charge in [-0.25, -0.2) is 14.4 Å². The standard InChI is InChI=1S/C18H22N2O2/c1-13-15(11-14-9-7-6-8-10-14)12-20(16(13)19-5)17(21)22-18(2,3)4/h6-10,12H,5,11H2,1-4H3. The van der Waals surface area contributed by atoms with Crippen LogP contribution in [0, 0.1) is 6.92 Å². The van der Waals surface area contributed by atoms with Gasteiger partial charge in [-0.05, 0) is 57.5 Å². The van der Waals surface area contributed by atoms with E-state index in [2.05, 4.69) is 23.8 Å². The Morgan fingerprint density at radius 2 is 1.91 bits per heavy atom. The lowest BCUT2D eigenvalue weighted by molar-refractivity contribution is 0.0540. The van der Waals surface area contributed by atoms with Gasteiger partial charge in [-0.15, -0.1) is 0 Å². The number of carbonyl (C=O) groups excluding carboxylic acids is 1. The van der Waals surface area contributed by atoms with Gasteiger partial charge >= 0.3 is 6.09 Å². The van der Waals surface area contributed by atoms with Gasteiger partial charge in [-0.1, -0.05) is 30.3 Å². The highest BCUT2D eigenvalue weighted by Gasteiger charge is 2.22. The summed E-state index contributed by atoms with van der Waals surface area (Å²) < 4.78 is 6.86. The predicted molar refractivity (Wildman–Crippen MR) is 89.3 cm³/mol. The molecule has 0 aliphatic heterocycles. The monoisotopic (exact) mass is 298 g/mol. The maximum absolute atomic E-state index is 12.3. The number of rotatable bonds is 3. The first-order valence-corrected chi connectivity index (χ1v) is 7.26. The van der Waals surface area contributed by atoms with Crippen LogP contribution >= 0.6 is 0 Å². The van der Waals surface area contributed by atoms with E-state index in [0.717, 1.165) is 17.5 Å². The third-order valence-electron chi connectivity index (χ3n) is 3.31. The van der Waals surface area contributed by atoms with Crippen LogP contribution in [-0.2, 0) is 11.2 Å². The molecule has 2 rings (SSSR count). The molecule has 0 aliphatic rings. The summed E-state index contributed by atoms with van der Waals surface area (Å²) in [5, 5.41) is 0. The highest BCUT2D eigenvalue weighted by molar-refractivity contribution is 5.77. The van der Waals surface area contributed by atoms with Crippen molar-refractivity contribution in [3.63, 3.8) is 0 Å². The van der Waals surface area contributed by atoms with Gasteiger partial charge in [0.1, 0.15) is 11.4 Å². The Hall–Kier alpha value is -2.36. The molecule has 4 nitrogen and oxygen atoms in total. The largest absolute Gasteiger partial charge is 0.443 e. The average Bonchev–Trinajstić information content (AvgIpc) is 2.75. The van der Waals surface area contributed by atoms with E-state index < -0.39 is 11.7 Å². The molecule has 0 saturated carbocycles. The number of ether oxygens (including phenoxy) is 1. The molecule has 0 unspecified atom stereocenters. The molecule has 0 saturated heterocycles. The minimum atomic E-state index is -0.548. The molecule has 0 aliphatic carbocycles. The summed E-state index contributed by atoms with van der Waals surface area (Å²) >= 11 is 0. The maximum atomic E-state index is 12.3. The maximum Gasteiger partial charge on any atom is 0.420 e. The Morgan fingerprint density at radius 1 is 1.27 bits per heavy atom. The lowest BCUT2D eigenvalue weighted by atomic mass is 10.0. The van der Waals surface area contributed by atoms with E-state index >= 15 is 0 Å². The van der Waals surface area contributed by atoms with Crippen molar-refractivity contribution >= 4 is 18.6 Å². The van der Waals surface area contributed by atoms with Crippen LogP contribution in [0.4, 0.5) is 10.6 Å². The van der Waals surface area contributed by atoms with Crippen LogP contribution in [0.15, 0.2) is 41.5 Å². The highest BCUT2D eigenvalue weighted by atomic mass is 16.6. The Morgan fingerprint density at radius 3 is 2.45 bits per heavy atom. The molecule has 22 heavy (non-hydrogen) atoms. The van der Waals surface area contributed by atoms with Crippen LogP contribution in [0.5, 0.6) is 0 Å². The van der Waals surface area contributed by atoms with E-state index in [1.807, 2.05) is 45.9 Å². The summed E-state index contributed by atoms with van der Waals surface area (Å²) in [7, 11) is 0. The van der Waals surface area contributed by atoms with Gasteiger partial charge in [0.2, 0.25) is 0 Å². The summed E-state index contributed by atoms with van der Waals surface area (Å²) in [6.07, 6.45) is 2.10. The zero-order valence-corrected chi connectivity index (χ0v) is 13.6. The minimum absolute atomic E-state index is 0.433. The van der Waals surface area contributed by atoms with E-state index in [1.165, 1.54) is 10.1 Å². The Bertz CT molecular complexity index is 679. The first-order chi connectivity index (χ1) is 10.3. The zero-order valence-electron chi connectivity index (χ0n) is 13.6. The first kappa shape index (κ1) is 16.0. The average molecular weight is 298 g/mol. The molecule has 1 aromatic heterocycles. The van der Waals surface area contributed by atoms with Crippen molar-refractivity contribution in [2.45, 2.75) is 39.7 Å². The van der Waals surface area contributed by atoms with Crippen molar-refractivity contribution < 1.29 is 9.53 Å². The van der Waals surface area contributed by atoms with Crippen molar-refractivity contribution in [1.29, 1.82) is 0 Å². The normalized spacial score (nSPS) is 11.3. The fourth-order valence-electron chi connectivity index (χ4n) is 2.28. The molecule has 0 amide bonds. The number of nitrogens with zero attached hydrogens (tertiary/aromatic N) is 2. The Balaban J connectivity index is 2.34. The molecule has 1 aromatic carbocycles. The predicted octanol–water partition coefficient (Wildman–Crippen LogP) is 4.50. The minimum Gasteiger partial charge on any atom is -0.443 e.